The molecular formula is C14H26O3. The fraction of sp³-hybridized carbons (Fsp3) is 0.929. The van der Waals surface area contributed by atoms with Crippen LogP contribution in [0.15, 0.2) is 0 Å². The maximum absolute atomic E-state index is 11.3. The first kappa shape index (κ1) is 14.5. The first-order valence-electron chi connectivity index (χ1n) is 6.73. The summed E-state index contributed by atoms with van der Waals surface area (Å²) in [5.74, 6) is -0.0915. The van der Waals surface area contributed by atoms with Gasteiger partial charge in [-0.1, -0.05) is 6.92 Å². The fourth-order valence-corrected chi connectivity index (χ4v) is 2.49. The topological polar surface area (TPSA) is 35.5 Å². The van der Waals surface area contributed by atoms with Gasteiger partial charge in [-0.2, -0.15) is 0 Å². The highest BCUT2D eigenvalue weighted by Gasteiger charge is 2.37. The Kier molecular flexibility index (Phi) is 4.99. The van der Waals surface area contributed by atoms with E-state index in [1.54, 1.807) is 0 Å². The van der Waals surface area contributed by atoms with E-state index >= 15 is 0 Å². The highest BCUT2D eigenvalue weighted by Crippen LogP contribution is 2.36. The summed E-state index contributed by atoms with van der Waals surface area (Å²) < 4.78 is 11.3. The van der Waals surface area contributed by atoms with Crippen LogP contribution >= 0.6 is 0 Å². The Morgan fingerprint density at radius 3 is 2.59 bits per heavy atom. The summed E-state index contributed by atoms with van der Waals surface area (Å²) in [5, 5.41) is 0. The monoisotopic (exact) mass is 242 g/mol. The van der Waals surface area contributed by atoms with Gasteiger partial charge in [0, 0.05) is 12.8 Å². The van der Waals surface area contributed by atoms with E-state index in [-0.39, 0.29) is 17.2 Å². The molecule has 1 heterocycles. The lowest BCUT2D eigenvalue weighted by Gasteiger charge is -2.43. The Balaban J connectivity index is 2.32. The molecule has 0 aliphatic carbocycles. The third-order valence-electron chi connectivity index (χ3n) is 3.36. The van der Waals surface area contributed by atoms with Crippen molar-refractivity contribution < 1.29 is 14.3 Å². The summed E-state index contributed by atoms with van der Waals surface area (Å²) in [5.41, 5.74) is -0.172. The van der Waals surface area contributed by atoms with Crippen LogP contribution in [0, 0.1) is 0 Å². The largest absolute Gasteiger partial charge is 0.466 e. The van der Waals surface area contributed by atoms with E-state index in [1.807, 2.05) is 6.92 Å². The summed E-state index contributed by atoms with van der Waals surface area (Å²) in [6, 6.07) is 0. The van der Waals surface area contributed by atoms with Crippen molar-refractivity contribution >= 4 is 5.97 Å². The molecule has 1 rings (SSSR count). The van der Waals surface area contributed by atoms with E-state index < -0.39 is 0 Å². The molecule has 0 bridgehead atoms. The molecule has 1 aliphatic rings. The van der Waals surface area contributed by atoms with Crippen LogP contribution < -0.4 is 0 Å². The second-order valence-corrected chi connectivity index (χ2v) is 5.89. The zero-order valence-corrected chi connectivity index (χ0v) is 11.7. The van der Waals surface area contributed by atoms with E-state index in [0.29, 0.717) is 13.0 Å². The summed E-state index contributed by atoms with van der Waals surface area (Å²) in [6.45, 7) is 8.85. The van der Waals surface area contributed by atoms with Crippen molar-refractivity contribution in [3.8, 4) is 0 Å². The van der Waals surface area contributed by atoms with Crippen LogP contribution in [0.3, 0.4) is 0 Å². The smallest absolute Gasteiger partial charge is 0.305 e. The van der Waals surface area contributed by atoms with Crippen molar-refractivity contribution in [3.05, 3.63) is 0 Å². The molecular weight excluding hydrogens is 216 g/mol. The standard InChI is InChI=1S/C14H26O3/c1-5-7-12(15)16-11-10-14(4)9-6-8-13(2,3)17-14/h5-11H2,1-4H3. The molecule has 17 heavy (non-hydrogen) atoms. The van der Waals surface area contributed by atoms with Crippen LogP contribution in [0.5, 0.6) is 0 Å². The normalized spacial score (nSPS) is 27.8. The first-order valence-corrected chi connectivity index (χ1v) is 6.73. The highest BCUT2D eigenvalue weighted by molar-refractivity contribution is 5.69. The van der Waals surface area contributed by atoms with Crippen molar-refractivity contribution in [1.29, 1.82) is 0 Å². The maximum atomic E-state index is 11.3. The van der Waals surface area contributed by atoms with Gasteiger partial charge in [-0.25, -0.2) is 0 Å². The molecule has 1 aliphatic heterocycles. The van der Waals surface area contributed by atoms with Crippen LogP contribution in [-0.2, 0) is 14.3 Å². The molecule has 100 valence electrons. The van der Waals surface area contributed by atoms with Crippen LogP contribution in [0.25, 0.3) is 0 Å². The Labute approximate surface area is 105 Å². The second-order valence-electron chi connectivity index (χ2n) is 5.89. The van der Waals surface area contributed by atoms with Gasteiger partial charge in [0.2, 0.25) is 0 Å². The van der Waals surface area contributed by atoms with Gasteiger partial charge < -0.3 is 9.47 Å². The van der Waals surface area contributed by atoms with Gasteiger partial charge in [-0.05, 0) is 46.5 Å². The predicted molar refractivity (Wildman–Crippen MR) is 67.9 cm³/mol. The van der Waals surface area contributed by atoms with Gasteiger partial charge in [-0.15, -0.1) is 0 Å². The average Bonchev–Trinajstić information content (AvgIpc) is 2.15. The van der Waals surface area contributed by atoms with Crippen molar-refractivity contribution in [2.75, 3.05) is 6.61 Å². The summed E-state index contributed by atoms with van der Waals surface area (Å²) in [7, 11) is 0. The lowest BCUT2D eigenvalue weighted by molar-refractivity contribution is -0.175. The van der Waals surface area contributed by atoms with Crippen molar-refractivity contribution in [3.63, 3.8) is 0 Å². The summed E-state index contributed by atoms with van der Waals surface area (Å²) in [6.07, 6.45) is 5.51. The van der Waals surface area contributed by atoms with Gasteiger partial charge in [0.25, 0.3) is 0 Å². The van der Waals surface area contributed by atoms with Crippen molar-refractivity contribution in [2.24, 2.45) is 0 Å². The molecule has 1 fully saturated rings. The van der Waals surface area contributed by atoms with E-state index in [4.69, 9.17) is 9.47 Å². The fourth-order valence-electron chi connectivity index (χ4n) is 2.49. The third-order valence-corrected chi connectivity index (χ3v) is 3.36. The Hall–Kier alpha value is -0.570. The quantitative estimate of drug-likeness (QED) is 0.693. The van der Waals surface area contributed by atoms with Gasteiger partial charge in [0.1, 0.15) is 0 Å². The molecule has 0 aromatic carbocycles. The molecule has 1 atom stereocenters. The molecule has 0 radical (unpaired) electrons. The molecule has 0 amide bonds. The molecule has 0 aromatic rings. The minimum Gasteiger partial charge on any atom is -0.466 e. The predicted octanol–water partition coefficient (Wildman–Crippen LogP) is 3.46. The third kappa shape index (κ3) is 5.07. The van der Waals surface area contributed by atoms with E-state index in [9.17, 15) is 4.79 Å². The molecule has 0 aromatic heterocycles. The minimum atomic E-state index is -0.131. The zero-order chi connectivity index (χ0) is 12.9. The Morgan fingerprint density at radius 2 is 2.00 bits per heavy atom. The van der Waals surface area contributed by atoms with Crippen LogP contribution in [0.1, 0.15) is 66.2 Å². The second kappa shape index (κ2) is 5.85. The molecule has 0 N–H and O–H groups in total. The number of hydrogen-bond donors (Lipinski definition) is 0. The van der Waals surface area contributed by atoms with Gasteiger partial charge in [0.15, 0.2) is 0 Å². The minimum absolute atomic E-state index is 0.0412. The van der Waals surface area contributed by atoms with Crippen LogP contribution in [0.4, 0.5) is 0 Å². The van der Waals surface area contributed by atoms with E-state index in [0.717, 1.165) is 25.7 Å². The van der Waals surface area contributed by atoms with Crippen LogP contribution in [0.2, 0.25) is 0 Å². The number of esters is 1. The zero-order valence-electron chi connectivity index (χ0n) is 11.7. The molecule has 3 nitrogen and oxygen atoms in total. The van der Waals surface area contributed by atoms with E-state index in [2.05, 4.69) is 20.8 Å². The lowest BCUT2D eigenvalue weighted by Crippen LogP contribution is -2.44. The molecule has 3 heteroatoms. The number of carbonyl (C=O) groups is 1. The van der Waals surface area contributed by atoms with Crippen LogP contribution in [-0.4, -0.2) is 23.8 Å². The molecule has 0 spiro atoms. The SMILES string of the molecule is CCCC(=O)OCCC1(C)CCCC(C)(C)O1. The maximum Gasteiger partial charge on any atom is 0.305 e. The average molecular weight is 242 g/mol. The van der Waals surface area contributed by atoms with Gasteiger partial charge in [-0.3, -0.25) is 4.79 Å². The molecule has 1 saturated heterocycles. The number of ether oxygens (including phenoxy) is 2. The van der Waals surface area contributed by atoms with Crippen molar-refractivity contribution in [1.82, 2.24) is 0 Å². The molecule has 0 saturated carbocycles. The summed E-state index contributed by atoms with van der Waals surface area (Å²) >= 11 is 0. The highest BCUT2D eigenvalue weighted by atomic mass is 16.5. The number of carbonyl (C=O) groups excluding carboxylic acids is 1. The Morgan fingerprint density at radius 1 is 1.29 bits per heavy atom. The van der Waals surface area contributed by atoms with Crippen molar-refractivity contribution in [2.45, 2.75) is 77.4 Å². The van der Waals surface area contributed by atoms with Gasteiger partial charge >= 0.3 is 5.97 Å². The molecule has 1 unspecified atom stereocenters. The Bertz CT molecular complexity index is 260. The number of rotatable bonds is 5. The lowest BCUT2D eigenvalue weighted by atomic mass is 9.86. The van der Waals surface area contributed by atoms with Gasteiger partial charge in [0.05, 0.1) is 17.8 Å². The van der Waals surface area contributed by atoms with E-state index in [1.165, 1.54) is 6.42 Å². The first-order chi connectivity index (χ1) is 7.87. The summed E-state index contributed by atoms with van der Waals surface area (Å²) in [4.78, 5) is 11.3. The number of hydrogen-bond acceptors (Lipinski definition) is 3.